The van der Waals surface area contributed by atoms with E-state index in [4.69, 9.17) is 0 Å². The van der Waals surface area contributed by atoms with E-state index in [1.54, 1.807) is 0 Å². The molecule has 1 aliphatic rings. The van der Waals surface area contributed by atoms with Gasteiger partial charge in [-0.05, 0) is 16.4 Å². The maximum atomic E-state index is 10.8. The van der Waals surface area contributed by atoms with Crippen LogP contribution in [0.4, 0.5) is 0 Å². The molecule has 0 radical (unpaired) electrons. The normalized spacial score (nSPS) is 19.5. The van der Waals surface area contributed by atoms with Crippen LogP contribution in [-0.2, 0) is 4.79 Å². The molecular weight excluding hydrogens is 144 g/mol. The Hall–Kier alpha value is -0.240. The summed E-state index contributed by atoms with van der Waals surface area (Å²) in [6.45, 7) is 6.41. The first kappa shape index (κ1) is 7.86. The van der Waals surface area contributed by atoms with E-state index in [1.807, 2.05) is 5.41 Å². The van der Waals surface area contributed by atoms with Crippen molar-refractivity contribution in [1.29, 1.82) is 0 Å². The molecule has 0 fully saturated rings. The van der Waals surface area contributed by atoms with Crippen LogP contribution in [0.2, 0.25) is 0 Å². The molecule has 0 saturated carbocycles. The summed E-state index contributed by atoms with van der Waals surface area (Å²) in [7, 11) is 0. The van der Waals surface area contributed by atoms with Crippen LogP contribution in [0, 0.1) is 5.41 Å². The van der Waals surface area contributed by atoms with E-state index in [9.17, 15) is 4.79 Å². The first-order chi connectivity index (χ1) is 4.50. The summed E-state index contributed by atoms with van der Waals surface area (Å²) >= 11 is 1.33. The highest BCUT2D eigenvalue weighted by Crippen LogP contribution is 2.36. The molecule has 1 rings (SSSR count). The molecule has 1 nitrogen and oxygen atoms in total. The van der Waals surface area contributed by atoms with Crippen LogP contribution in [0.15, 0.2) is 11.0 Å². The van der Waals surface area contributed by atoms with Gasteiger partial charge in [0, 0.05) is 6.42 Å². The van der Waals surface area contributed by atoms with E-state index >= 15 is 0 Å². The maximum Gasteiger partial charge on any atom is 0.197 e. The maximum absolute atomic E-state index is 10.8. The van der Waals surface area contributed by atoms with Crippen molar-refractivity contribution in [2.24, 2.45) is 5.41 Å². The summed E-state index contributed by atoms with van der Waals surface area (Å²) in [4.78, 5) is 10.8. The number of hydrogen-bond donors (Lipinski definition) is 0. The van der Waals surface area contributed by atoms with Gasteiger partial charge in [-0.15, -0.1) is 0 Å². The molecule has 0 atom stereocenters. The van der Waals surface area contributed by atoms with E-state index in [-0.39, 0.29) is 10.5 Å². The molecule has 0 aromatic rings. The molecule has 1 heterocycles. The molecule has 0 bridgehead atoms. The summed E-state index contributed by atoms with van der Waals surface area (Å²) in [5.41, 5.74) is 1.45. The highest BCUT2D eigenvalue weighted by Gasteiger charge is 2.23. The quantitative estimate of drug-likeness (QED) is 0.536. The van der Waals surface area contributed by atoms with E-state index in [0.717, 1.165) is 0 Å². The van der Waals surface area contributed by atoms with Crippen LogP contribution in [0.1, 0.15) is 27.2 Å². The minimum Gasteiger partial charge on any atom is -0.287 e. The lowest BCUT2D eigenvalue weighted by atomic mass is 9.86. The van der Waals surface area contributed by atoms with Gasteiger partial charge in [0.05, 0.1) is 0 Å². The van der Waals surface area contributed by atoms with Crippen molar-refractivity contribution in [3.63, 3.8) is 0 Å². The predicted octanol–water partition coefficient (Wildman–Crippen LogP) is 2.58. The van der Waals surface area contributed by atoms with Crippen molar-refractivity contribution in [3.05, 3.63) is 11.0 Å². The molecular formula is C8H12OS. The standard InChI is InChI=1S/C8H12OS/c1-8(2,3)6-4-7(9)10-5-6/h5H,4H2,1-3H3. The van der Waals surface area contributed by atoms with E-state index in [2.05, 4.69) is 20.8 Å². The molecule has 0 unspecified atom stereocenters. The van der Waals surface area contributed by atoms with E-state index in [0.29, 0.717) is 6.42 Å². The second-order valence-corrected chi connectivity index (χ2v) is 4.49. The van der Waals surface area contributed by atoms with Crippen molar-refractivity contribution < 1.29 is 4.79 Å². The molecule has 2 heteroatoms. The van der Waals surface area contributed by atoms with Gasteiger partial charge in [-0.2, -0.15) is 0 Å². The molecule has 10 heavy (non-hydrogen) atoms. The lowest BCUT2D eigenvalue weighted by molar-refractivity contribution is -0.110. The van der Waals surface area contributed by atoms with Crippen molar-refractivity contribution in [1.82, 2.24) is 0 Å². The molecule has 0 aliphatic carbocycles. The van der Waals surface area contributed by atoms with Crippen LogP contribution in [0.5, 0.6) is 0 Å². The zero-order chi connectivity index (χ0) is 7.78. The monoisotopic (exact) mass is 156 g/mol. The molecule has 0 aromatic heterocycles. The number of thioether (sulfide) groups is 1. The Balaban J connectivity index is 2.69. The number of carbonyl (C=O) groups excluding carboxylic acids is 1. The van der Waals surface area contributed by atoms with Crippen LogP contribution < -0.4 is 0 Å². The smallest absolute Gasteiger partial charge is 0.197 e. The van der Waals surface area contributed by atoms with Gasteiger partial charge in [0.1, 0.15) is 0 Å². The molecule has 1 aliphatic heterocycles. The van der Waals surface area contributed by atoms with Gasteiger partial charge in [-0.3, -0.25) is 4.79 Å². The zero-order valence-electron chi connectivity index (χ0n) is 6.60. The molecule has 0 N–H and O–H groups in total. The van der Waals surface area contributed by atoms with Crippen LogP contribution in [0.25, 0.3) is 0 Å². The Bertz CT molecular complexity index is 186. The average molecular weight is 156 g/mol. The van der Waals surface area contributed by atoms with Gasteiger partial charge < -0.3 is 0 Å². The third kappa shape index (κ3) is 1.63. The average Bonchev–Trinajstić information content (AvgIpc) is 2.11. The molecule has 0 amide bonds. The lowest BCUT2D eigenvalue weighted by Gasteiger charge is -2.18. The second kappa shape index (κ2) is 2.42. The van der Waals surface area contributed by atoms with Crippen LogP contribution in [0.3, 0.4) is 0 Å². The summed E-state index contributed by atoms with van der Waals surface area (Å²) in [6, 6.07) is 0. The molecule has 0 aromatic carbocycles. The Morgan fingerprint density at radius 3 is 2.30 bits per heavy atom. The topological polar surface area (TPSA) is 17.1 Å². The first-order valence-electron chi connectivity index (χ1n) is 3.39. The Kier molecular flexibility index (Phi) is 1.90. The zero-order valence-corrected chi connectivity index (χ0v) is 7.42. The minimum atomic E-state index is 0.180. The van der Waals surface area contributed by atoms with E-state index in [1.165, 1.54) is 17.3 Å². The van der Waals surface area contributed by atoms with Crippen LogP contribution in [-0.4, -0.2) is 5.12 Å². The van der Waals surface area contributed by atoms with Gasteiger partial charge in [-0.25, -0.2) is 0 Å². The largest absolute Gasteiger partial charge is 0.287 e. The third-order valence-corrected chi connectivity index (χ3v) is 2.44. The van der Waals surface area contributed by atoms with Crippen molar-refractivity contribution in [2.75, 3.05) is 0 Å². The summed E-state index contributed by atoms with van der Waals surface area (Å²) in [5, 5.41) is 2.27. The van der Waals surface area contributed by atoms with Gasteiger partial charge >= 0.3 is 0 Å². The van der Waals surface area contributed by atoms with Gasteiger partial charge in [-0.1, -0.05) is 32.5 Å². The first-order valence-corrected chi connectivity index (χ1v) is 4.27. The molecule has 0 spiro atoms. The highest BCUT2D eigenvalue weighted by atomic mass is 32.2. The fraction of sp³-hybridized carbons (Fsp3) is 0.625. The van der Waals surface area contributed by atoms with Gasteiger partial charge in [0.25, 0.3) is 0 Å². The van der Waals surface area contributed by atoms with Crippen molar-refractivity contribution in [2.45, 2.75) is 27.2 Å². The molecule has 56 valence electrons. The minimum absolute atomic E-state index is 0.180. The Morgan fingerprint density at radius 2 is 2.10 bits per heavy atom. The number of carbonyl (C=O) groups is 1. The number of rotatable bonds is 0. The van der Waals surface area contributed by atoms with Crippen molar-refractivity contribution in [3.8, 4) is 0 Å². The summed E-state index contributed by atoms with van der Waals surface area (Å²) < 4.78 is 0. The number of allylic oxidation sites excluding steroid dienone is 1. The lowest BCUT2D eigenvalue weighted by Crippen LogP contribution is -2.08. The fourth-order valence-corrected chi connectivity index (χ4v) is 1.77. The molecule has 0 saturated heterocycles. The fourth-order valence-electron chi connectivity index (χ4n) is 0.818. The number of hydrogen-bond acceptors (Lipinski definition) is 2. The SMILES string of the molecule is CC(C)(C)C1=CSC(=O)C1. The van der Waals surface area contributed by atoms with Crippen molar-refractivity contribution >= 4 is 16.9 Å². The van der Waals surface area contributed by atoms with Gasteiger partial charge in [0.15, 0.2) is 5.12 Å². The highest BCUT2D eigenvalue weighted by molar-refractivity contribution is 8.16. The Labute approximate surface area is 65.9 Å². The summed E-state index contributed by atoms with van der Waals surface area (Å²) in [6.07, 6.45) is 0.647. The second-order valence-electron chi connectivity index (χ2n) is 3.56. The van der Waals surface area contributed by atoms with Crippen LogP contribution >= 0.6 is 11.8 Å². The Morgan fingerprint density at radius 1 is 1.50 bits per heavy atom. The van der Waals surface area contributed by atoms with Gasteiger partial charge in [0.2, 0.25) is 0 Å². The third-order valence-electron chi connectivity index (χ3n) is 1.63. The van der Waals surface area contributed by atoms with E-state index < -0.39 is 0 Å². The summed E-state index contributed by atoms with van der Waals surface area (Å²) in [5.74, 6) is 0. The predicted molar refractivity (Wildman–Crippen MR) is 44.8 cm³/mol.